The average molecular weight is 433 g/mol. The Kier molecular flexibility index (Phi) is 5.24. The zero-order valence-corrected chi connectivity index (χ0v) is 16.9. The Morgan fingerprint density at radius 1 is 1.22 bits per heavy atom. The number of hydrogen-bond donors (Lipinski definition) is 2. The zero-order valence-electron chi connectivity index (χ0n) is 16.9. The van der Waals surface area contributed by atoms with Crippen molar-refractivity contribution in [2.24, 2.45) is 0 Å². The number of hydrogen-bond acceptors (Lipinski definition) is 9. The van der Waals surface area contributed by atoms with Gasteiger partial charge in [-0.2, -0.15) is 0 Å². The summed E-state index contributed by atoms with van der Waals surface area (Å²) in [5.74, 6) is 4.00. The van der Waals surface area contributed by atoms with Gasteiger partial charge in [0.1, 0.15) is 42.0 Å². The molecule has 1 amide bonds. The molecule has 4 heterocycles. The lowest BCUT2D eigenvalue weighted by molar-refractivity contribution is -0.122. The Balaban J connectivity index is 1.31. The van der Waals surface area contributed by atoms with Crippen LogP contribution in [0.5, 0.6) is 11.5 Å². The van der Waals surface area contributed by atoms with Crippen LogP contribution in [0.3, 0.4) is 0 Å². The number of piperazine rings is 1. The second-order valence-electron chi connectivity index (χ2n) is 7.14. The number of rotatable bonds is 5. The molecule has 1 aromatic carbocycles. The lowest BCUT2D eigenvalue weighted by atomic mass is 10.1. The average Bonchev–Trinajstić information content (AvgIpc) is 3.54. The van der Waals surface area contributed by atoms with Gasteiger partial charge in [-0.1, -0.05) is 6.07 Å². The van der Waals surface area contributed by atoms with Gasteiger partial charge in [0.05, 0.1) is 0 Å². The minimum Gasteiger partial charge on any atom is -0.454 e. The molecule has 2 aromatic heterocycles. The fourth-order valence-corrected chi connectivity index (χ4v) is 3.63. The third-order valence-electron chi connectivity index (χ3n) is 5.20. The summed E-state index contributed by atoms with van der Waals surface area (Å²) in [5.41, 5.74) is 1.02. The summed E-state index contributed by atoms with van der Waals surface area (Å²) in [5, 5.41) is 5.94. The number of amides is 1. The van der Waals surface area contributed by atoms with E-state index in [2.05, 4.69) is 25.6 Å². The molecule has 1 fully saturated rings. The van der Waals surface area contributed by atoms with Gasteiger partial charge in [-0.3, -0.25) is 14.7 Å². The van der Waals surface area contributed by atoms with E-state index in [0.29, 0.717) is 36.2 Å². The van der Waals surface area contributed by atoms with Gasteiger partial charge < -0.3 is 19.7 Å². The van der Waals surface area contributed by atoms with Crippen molar-refractivity contribution in [2.75, 3.05) is 24.8 Å². The quantitative estimate of drug-likeness (QED) is 0.543. The van der Waals surface area contributed by atoms with E-state index in [1.807, 2.05) is 18.1 Å². The lowest BCUT2D eigenvalue weighted by Crippen LogP contribution is -2.56. The molecule has 1 atom stereocenters. The standard InChI is InChI=1S/C21H19N7O4/c29-10-15-20(21(30)24-9-14-1-2-16-17(7-14)32-13-31-16)23-4-6-28(15)19-8-18(25-11-26-19)27-5-3-22-12-27/h1-3,5,7-8,11-12,20,23H,4,6,9,13H2,(H,24,30). The van der Waals surface area contributed by atoms with Crippen molar-refractivity contribution in [1.82, 2.24) is 30.2 Å². The first-order chi connectivity index (χ1) is 15.7. The van der Waals surface area contributed by atoms with E-state index in [9.17, 15) is 9.59 Å². The van der Waals surface area contributed by atoms with Crippen molar-refractivity contribution in [3.05, 3.63) is 60.6 Å². The third kappa shape index (κ3) is 3.78. The normalized spacial score (nSPS) is 17.2. The first kappa shape index (κ1) is 19.7. The molecule has 5 rings (SSSR count). The van der Waals surface area contributed by atoms with Gasteiger partial charge in [0.15, 0.2) is 11.5 Å². The third-order valence-corrected chi connectivity index (χ3v) is 5.20. The van der Waals surface area contributed by atoms with Gasteiger partial charge >= 0.3 is 0 Å². The van der Waals surface area contributed by atoms with Gasteiger partial charge in [-0.05, 0) is 17.7 Å². The van der Waals surface area contributed by atoms with Gasteiger partial charge in [0.2, 0.25) is 12.7 Å². The molecule has 11 heteroatoms. The van der Waals surface area contributed by atoms with E-state index in [0.717, 1.165) is 5.56 Å². The number of aromatic nitrogens is 4. The fraction of sp³-hybridized carbons (Fsp3) is 0.238. The van der Waals surface area contributed by atoms with Crippen molar-refractivity contribution in [1.29, 1.82) is 0 Å². The predicted molar refractivity (Wildman–Crippen MR) is 112 cm³/mol. The number of nitrogens with one attached hydrogen (secondary N) is 2. The van der Waals surface area contributed by atoms with Gasteiger partial charge in [-0.25, -0.2) is 19.7 Å². The molecule has 1 saturated heterocycles. The molecule has 0 aliphatic carbocycles. The fourth-order valence-electron chi connectivity index (χ4n) is 3.63. The summed E-state index contributed by atoms with van der Waals surface area (Å²) in [6.07, 6.45) is 6.42. The molecule has 3 aromatic rings. The van der Waals surface area contributed by atoms with Gasteiger partial charge in [0.25, 0.3) is 0 Å². The highest BCUT2D eigenvalue weighted by Gasteiger charge is 2.33. The number of anilines is 1. The number of nitrogens with zero attached hydrogens (tertiary/aromatic N) is 5. The topological polar surface area (TPSA) is 124 Å². The molecule has 1 unspecified atom stereocenters. The largest absolute Gasteiger partial charge is 0.454 e. The Labute approximate surface area is 182 Å². The first-order valence-corrected chi connectivity index (χ1v) is 9.95. The van der Waals surface area contributed by atoms with Crippen molar-refractivity contribution >= 4 is 17.7 Å². The molecular formula is C21H19N7O4. The molecule has 162 valence electrons. The van der Waals surface area contributed by atoms with Gasteiger partial charge in [0, 0.05) is 38.1 Å². The summed E-state index contributed by atoms with van der Waals surface area (Å²) < 4.78 is 12.4. The Hall–Kier alpha value is -4.21. The zero-order chi connectivity index (χ0) is 21.9. The highest BCUT2D eigenvalue weighted by molar-refractivity contribution is 5.89. The SMILES string of the molecule is O=C=C1C(C(=O)NCc2ccc3c(c2)OCO3)NCCN1c1cc(-n2ccnc2)ncn1. The molecule has 0 bridgehead atoms. The molecular weight excluding hydrogens is 414 g/mol. The maximum Gasteiger partial charge on any atom is 0.244 e. The Bertz CT molecular complexity index is 1190. The van der Waals surface area contributed by atoms with Crippen LogP contribution in [0.1, 0.15) is 5.56 Å². The lowest BCUT2D eigenvalue weighted by Gasteiger charge is -2.34. The molecule has 2 aliphatic rings. The number of ether oxygens (including phenoxy) is 2. The summed E-state index contributed by atoms with van der Waals surface area (Å²) in [4.78, 5) is 39.0. The summed E-state index contributed by atoms with van der Waals surface area (Å²) in [6.45, 7) is 1.40. The van der Waals surface area contributed by atoms with E-state index in [1.165, 1.54) is 6.33 Å². The minimum absolute atomic E-state index is 0.162. The minimum atomic E-state index is -0.859. The molecule has 2 aliphatic heterocycles. The van der Waals surface area contributed by atoms with Crippen LogP contribution in [0.2, 0.25) is 0 Å². The maximum absolute atomic E-state index is 12.9. The van der Waals surface area contributed by atoms with Crippen LogP contribution in [-0.4, -0.2) is 57.3 Å². The van der Waals surface area contributed by atoms with E-state index < -0.39 is 6.04 Å². The van der Waals surface area contributed by atoms with Crippen molar-refractivity contribution in [3.63, 3.8) is 0 Å². The van der Waals surface area contributed by atoms with Crippen LogP contribution in [0.15, 0.2) is 55.0 Å². The molecule has 11 nitrogen and oxygen atoms in total. The van der Waals surface area contributed by atoms with Crippen LogP contribution in [0.4, 0.5) is 5.82 Å². The number of carbonyl (C=O) groups excluding carboxylic acids is 2. The maximum atomic E-state index is 12.9. The highest BCUT2D eigenvalue weighted by atomic mass is 16.7. The smallest absolute Gasteiger partial charge is 0.244 e. The molecule has 0 radical (unpaired) electrons. The summed E-state index contributed by atoms with van der Waals surface area (Å²) in [6, 6.07) is 6.34. The second-order valence-corrected chi connectivity index (χ2v) is 7.14. The molecule has 0 saturated carbocycles. The van der Waals surface area contributed by atoms with Crippen LogP contribution < -0.4 is 25.0 Å². The Morgan fingerprint density at radius 3 is 2.94 bits per heavy atom. The number of carbonyl (C=O) groups is 1. The number of imidazole rings is 1. The van der Waals surface area contributed by atoms with Crippen molar-refractivity contribution in [2.45, 2.75) is 12.6 Å². The monoisotopic (exact) mass is 433 g/mol. The predicted octanol–water partition coefficient (Wildman–Crippen LogP) is 0.201. The second kappa shape index (κ2) is 8.50. The molecule has 0 spiro atoms. The van der Waals surface area contributed by atoms with Crippen LogP contribution in [0, 0.1) is 0 Å². The molecule has 32 heavy (non-hydrogen) atoms. The van der Waals surface area contributed by atoms with E-state index in [-0.39, 0.29) is 24.9 Å². The highest BCUT2D eigenvalue weighted by Crippen LogP contribution is 2.32. The summed E-state index contributed by atoms with van der Waals surface area (Å²) >= 11 is 0. The number of fused-ring (bicyclic) bond motifs is 1. The first-order valence-electron chi connectivity index (χ1n) is 9.95. The van der Waals surface area contributed by atoms with Crippen LogP contribution in [-0.2, 0) is 16.1 Å². The number of benzene rings is 1. The molecule has 2 N–H and O–H groups in total. The van der Waals surface area contributed by atoms with E-state index in [4.69, 9.17) is 9.47 Å². The summed E-state index contributed by atoms with van der Waals surface area (Å²) in [7, 11) is 0. The van der Waals surface area contributed by atoms with Crippen molar-refractivity contribution < 1.29 is 19.1 Å². The van der Waals surface area contributed by atoms with Crippen LogP contribution in [0.25, 0.3) is 5.82 Å². The van der Waals surface area contributed by atoms with E-state index >= 15 is 0 Å². The van der Waals surface area contributed by atoms with E-state index in [1.54, 1.807) is 40.3 Å². The van der Waals surface area contributed by atoms with Gasteiger partial charge in [-0.15, -0.1) is 0 Å². The van der Waals surface area contributed by atoms with Crippen LogP contribution >= 0.6 is 0 Å². The Morgan fingerprint density at radius 2 is 2.09 bits per heavy atom. The van der Waals surface area contributed by atoms with Crippen molar-refractivity contribution in [3.8, 4) is 17.3 Å².